The molecule has 0 aliphatic carbocycles. The number of hydrogen-bond acceptors (Lipinski definition) is 2. The topological polar surface area (TPSA) is 41.1 Å². The van der Waals surface area contributed by atoms with Gasteiger partial charge in [-0.05, 0) is 42.5 Å². The maximum Gasteiger partial charge on any atom is 0.234 e. The molecule has 0 fully saturated rings. The summed E-state index contributed by atoms with van der Waals surface area (Å²) >= 11 is 5.56. The summed E-state index contributed by atoms with van der Waals surface area (Å²) in [6.07, 6.45) is 4.30. The van der Waals surface area contributed by atoms with E-state index < -0.39 is 0 Å². The van der Waals surface area contributed by atoms with Crippen LogP contribution in [-0.4, -0.2) is 18.3 Å². The van der Waals surface area contributed by atoms with Crippen molar-refractivity contribution in [2.75, 3.05) is 17.7 Å². The number of aryl methyl sites for hydroxylation is 1. The second kappa shape index (κ2) is 10.8. The zero-order valence-corrected chi connectivity index (χ0v) is 15.6. The highest BCUT2D eigenvalue weighted by atomic mass is 35.5. The van der Waals surface area contributed by atoms with Crippen LogP contribution in [0.15, 0.2) is 54.6 Å². The summed E-state index contributed by atoms with van der Waals surface area (Å²) in [7, 11) is 0. The van der Waals surface area contributed by atoms with Crippen LogP contribution in [0.3, 0.4) is 0 Å². The number of nitrogens with one attached hydrogen (secondary N) is 2. The number of halogens is 1. The maximum atomic E-state index is 11.4. The zero-order chi connectivity index (χ0) is 17.9. The fourth-order valence-corrected chi connectivity index (χ4v) is 2.90. The van der Waals surface area contributed by atoms with E-state index in [1.807, 2.05) is 18.2 Å². The van der Waals surface area contributed by atoms with E-state index in [-0.39, 0.29) is 17.8 Å². The van der Waals surface area contributed by atoms with Gasteiger partial charge < -0.3 is 10.6 Å². The van der Waals surface area contributed by atoms with Crippen LogP contribution in [0.1, 0.15) is 43.4 Å². The highest BCUT2D eigenvalue weighted by Gasteiger charge is 2.12. The van der Waals surface area contributed by atoms with Gasteiger partial charge in [0.25, 0.3) is 0 Å². The van der Waals surface area contributed by atoms with Gasteiger partial charge in [0.2, 0.25) is 5.91 Å². The Hall–Kier alpha value is -2.00. The van der Waals surface area contributed by atoms with Gasteiger partial charge in [-0.1, -0.05) is 55.8 Å². The quantitative estimate of drug-likeness (QED) is 0.591. The Morgan fingerprint density at radius 1 is 1.12 bits per heavy atom. The van der Waals surface area contributed by atoms with Crippen LogP contribution in [0.2, 0.25) is 0 Å². The van der Waals surface area contributed by atoms with Crippen LogP contribution >= 0.6 is 11.6 Å². The molecule has 0 saturated heterocycles. The van der Waals surface area contributed by atoms with E-state index in [4.69, 9.17) is 11.6 Å². The molecule has 134 valence electrons. The first-order valence-corrected chi connectivity index (χ1v) is 9.49. The first-order valence-electron chi connectivity index (χ1n) is 8.96. The molecule has 0 aliphatic heterocycles. The third-order valence-corrected chi connectivity index (χ3v) is 4.41. The lowest BCUT2D eigenvalue weighted by atomic mass is 9.98. The molecule has 2 aromatic rings. The lowest BCUT2D eigenvalue weighted by Crippen LogP contribution is -2.27. The number of hydrogen-bond donors (Lipinski definition) is 2. The van der Waals surface area contributed by atoms with Crippen molar-refractivity contribution in [2.24, 2.45) is 0 Å². The number of alkyl halides is 1. The van der Waals surface area contributed by atoms with E-state index in [1.165, 1.54) is 24.0 Å². The second-order valence-corrected chi connectivity index (χ2v) is 6.45. The Morgan fingerprint density at radius 3 is 2.64 bits per heavy atom. The van der Waals surface area contributed by atoms with Crippen LogP contribution in [-0.2, 0) is 11.2 Å². The number of amides is 1. The highest BCUT2D eigenvalue weighted by Crippen LogP contribution is 2.24. The molecular weight excluding hydrogens is 332 g/mol. The van der Waals surface area contributed by atoms with E-state index in [0.29, 0.717) is 6.54 Å². The molecule has 1 unspecified atom stereocenters. The molecule has 0 aromatic heterocycles. The van der Waals surface area contributed by atoms with Gasteiger partial charge in [0.15, 0.2) is 0 Å². The predicted molar refractivity (Wildman–Crippen MR) is 106 cm³/mol. The fourth-order valence-electron chi connectivity index (χ4n) is 2.81. The molecule has 1 atom stereocenters. The van der Waals surface area contributed by atoms with E-state index in [0.717, 1.165) is 18.5 Å². The van der Waals surface area contributed by atoms with Crippen molar-refractivity contribution < 1.29 is 4.79 Å². The molecule has 2 rings (SSSR count). The first kappa shape index (κ1) is 19.3. The van der Waals surface area contributed by atoms with Gasteiger partial charge >= 0.3 is 0 Å². The number of benzene rings is 2. The number of carbonyl (C=O) groups excluding carboxylic acids is 1. The average molecular weight is 359 g/mol. The molecule has 4 heteroatoms. The van der Waals surface area contributed by atoms with Crippen LogP contribution in [0.25, 0.3) is 0 Å². The third kappa shape index (κ3) is 6.79. The summed E-state index contributed by atoms with van der Waals surface area (Å²) in [6, 6.07) is 19.0. The van der Waals surface area contributed by atoms with Crippen molar-refractivity contribution in [1.82, 2.24) is 5.32 Å². The average Bonchev–Trinajstić information content (AvgIpc) is 2.66. The summed E-state index contributed by atoms with van der Waals surface area (Å²) in [5.74, 6) is -0.125. The molecule has 0 bridgehead atoms. The van der Waals surface area contributed by atoms with Crippen molar-refractivity contribution in [3.63, 3.8) is 0 Å². The standard InChI is InChI=1S/C21H27ClN2O/c1-2-3-8-17-9-7-10-18(15-17)20(13-14-23-21(25)16-22)24-19-11-5-4-6-12-19/h4-7,9-12,15,20,24H,2-3,8,13-14,16H2,1H3,(H,23,25). The number of rotatable bonds is 10. The van der Waals surface area contributed by atoms with Gasteiger partial charge in [0, 0.05) is 12.2 Å². The molecule has 0 aliphatic rings. The van der Waals surface area contributed by atoms with Gasteiger partial charge in [0.1, 0.15) is 5.88 Å². The van der Waals surface area contributed by atoms with Gasteiger partial charge in [-0.2, -0.15) is 0 Å². The summed E-state index contributed by atoms with van der Waals surface area (Å²) < 4.78 is 0. The monoisotopic (exact) mass is 358 g/mol. The van der Waals surface area contributed by atoms with Gasteiger partial charge in [-0.25, -0.2) is 0 Å². The molecule has 0 spiro atoms. The van der Waals surface area contributed by atoms with Crippen molar-refractivity contribution in [3.05, 3.63) is 65.7 Å². The molecule has 0 saturated carbocycles. The number of carbonyl (C=O) groups is 1. The Balaban J connectivity index is 2.10. The van der Waals surface area contributed by atoms with E-state index >= 15 is 0 Å². The molecule has 2 aromatic carbocycles. The summed E-state index contributed by atoms with van der Waals surface area (Å²) in [6.45, 7) is 2.80. The fraction of sp³-hybridized carbons (Fsp3) is 0.381. The minimum absolute atomic E-state index is 0.00326. The van der Waals surface area contributed by atoms with Gasteiger partial charge in [-0.15, -0.1) is 11.6 Å². The van der Waals surface area contributed by atoms with Crippen molar-refractivity contribution >= 4 is 23.2 Å². The van der Waals surface area contributed by atoms with E-state index in [2.05, 4.69) is 54.0 Å². The Bertz CT molecular complexity index is 645. The summed E-state index contributed by atoms with van der Waals surface area (Å²) in [5.41, 5.74) is 3.69. The highest BCUT2D eigenvalue weighted by molar-refractivity contribution is 6.27. The number of anilines is 1. The maximum absolute atomic E-state index is 11.4. The first-order chi connectivity index (χ1) is 12.2. The van der Waals surface area contributed by atoms with E-state index in [1.54, 1.807) is 0 Å². The molecule has 3 nitrogen and oxygen atoms in total. The lowest BCUT2D eigenvalue weighted by Gasteiger charge is -2.21. The van der Waals surface area contributed by atoms with Crippen LogP contribution in [0.5, 0.6) is 0 Å². The molecular formula is C21H27ClN2O. The van der Waals surface area contributed by atoms with Gasteiger partial charge in [0.05, 0.1) is 6.04 Å². The van der Waals surface area contributed by atoms with Gasteiger partial charge in [-0.3, -0.25) is 4.79 Å². The lowest BCUT2D eigenvalue weighted by molar-refractivity contribution is -0.118. The molecule has 0 heterocycles. The largest absolute Gasteiger partial charge is 0.378 e. The normalized spacial score (nSPS) is 11.8. The smallest absolute Gasteiger partial charge is 0.234 e. The molecule has 2 N–H and O–H groups in total. The Morgan fingerprint density at radius 2 is 1.92 bits per heavy atom. The Kier molecular flexibility index (Phi) is 8.33. The van der Waals surface area contributed by atoms with Crippen molar-refractivity contribution in [3.8, 4) is 0 Å². The minimum atomic E-state index is -0.128. The van der Waals surface area contributed by atoms with Crippen LogP contribution in [0.4, 0.5) is 5.69 Å². The SMILES string of the molecule is CCCCc1cccc(C(CCNC(=O)CCl)Nc2ccccc2)c1. The molecule has 25 heavy (non-hydrogen) atoms. The van der Waals surface area contributed by atoms with Crippen molar-refractivity contribution in [2.45, 2.75) is 38.6 Å². The van der Waals surface area contributed by atoms with Crippen LogP contribution < -0.4 is 10.6 Å². The summed E-state index contributed by atoms with van der Waals surface area (Å²) in [4.78, 5) is 11.4. The second-order valence-electron chi connectivity index (χ2n) is 6.18. The number of para-hydroxylation sites is 1. The van der Waals surface area contributed by atoms with E-state index in [9.17, 15) is 4.79 Å². The third-order valence-electron chi connectivity index (χ3n) is 4.16. The molecule has 0 radical (unpaired) electrons. The predicted octanol–water partition coefficient (Wildman–Crippen LogP) is 4.93. The number of unbranched alkanes of at least 4 members (excludes halogenated alkanes) is 1. The molecule has 1 amide bonds. The summed E-state index contributed by atoms with van der Waals surface area (Å²) in [5, 5.41) is 6.44. The minimum Gasteiger partial charge on any atom is -0.378 e. The van der Waals surface area contributed by atoms with Crippen LogP contribution in [0, 0.1) is 0 Å². The zero-order valence-electron chi connectivity index (χ0n) is 14.8. The van der Waals surface area contributed by atoms with Crippen molar-refractivity contribution in [1.29, 1.82) is 0 Å². The Labute approximate surface area is 155 Å².